The van der Waals surface area contributed by atoms with Gasteiger partial charge in [-0.3, -0.25) is 0 Å². The summed E-state index contributed by atoms with van der Waals surface area (Å²) in [5.74, 6) is 0. The second-order valence-corrected chi connectivity index (χ2v) is 2.03. The molecule has 0 unspecified atom stereocenters. The lowest BCUT2D eigenvalue weighted by Crippen LogP contribution is -2.00. The summed E-state index contributed by atoms with van der Waals surface area (Å²) in [6, 6.07) is 0. The first kappa shape index (κ1) is 10.0. The Morgan fingerprint density at radius 2 is 1.70 bits per heavy atom. The van der Waals surface area contributed by atoms with Crippen LogP contribution in [0.1, 0.15) is 0 Å². The van der Waals surface area contributed by atoms with Crippen LogP contribution in [0, 0.1) is 0 Å². The normalized spacial score (nSPS) is 11.4. The molecule has 0 fully saturated rings. The van der Waals surface area contributed by atoms with Gasteiger partial charge in [-0.1, -0.05) is 0 Å². The summed E-state index contributed by atoms with van der Waals surface area (Å²) in [7, 11) is -2.90. The zero-order chi connectivity index (χ0) is 7.98. The second kappa shape index (κ2) is 5.79. The maximum Gasteiger partial charge on any atom is 0.403 e. The van der Waals surface area contributed by atoms with Crippen LogP contribution in [0.15, 0.2) is 0 Å². The molecular formula is C2H3F4O3P. The number of hydrogen-bond donors (Lipinski definition) is 0. The number of halogens is 4. The van der Waals surface area contributed by atoms with E-state index in [4.69, 9.17) is 0 Å². The van der Waals surface area contributed by atoms with Gasteiger partial charge in [0.05, 0.1) is 0 Å². The highest BCUT2D eigenvalue weighted by molar-refractivity contribution is 7.41. The Labute approximate surface area is 54.7 Å². The summed E-state index contributed by atoms with van der Waals surface area (Å²) >= 11 is 0. The van der Waals surface area contributed by atoms with Crippen molar-refractivity contribution in [2.24, 2.45) is 0 Å². The van der Waals surface area contributed by atoms with Gasteiger partial charge >= 0.3 is 8.60 Å². The van der Waals surface area contributed by atoms with E-state index in [9.17, 15) is 17.8 Å². The van der Waals surface area contributed by atoms with Crippen LogP contribution in [0.4, 0.5) is 17.8 Å². The van der Waals surface area contributed by atoms with E-state index < -0.39 is 21.6 Å². The van der Waals surface area contributed by atoms with E-state index in [2.05, 4.69) is 14.0 Å². The average molecular weight is 182 g/mol. The quantitative estimate of drug-likeness (QED) is 0.482. The maximum absolute atomic E-state index is 11.2. The van der Waals surface area contributed by atoms with Gasteiger partial charge in [-0.2, -0.15) is 0 Å². The number of rotatable bonds is 5. The van der Waals surface area contributed by atoms with E-state index in [-0.39, 0.29) is 0 Å². The Bertz CT molecular complexity index is 78.9. The molecule has 10 heavy (non-hydrogen) atoms. The molecule has 0 aromatic carbocycles. The van der Waals surface area contributed by atoms with Gasteiger partial charge in [-0.15, -0.1) is 9.46 Å². The molecule has 0 aromatic heterocycles. The van der Waals surface area contributed by atoms with Crippen LogP contribution in [0.25, 0.3) is 0 Å². The molecule has 8 heteroatoms. The molecule has 0 aliphatic carbocycles. The SMILES string of the molecule is FOP(OF)OCC(F)F. The van der Waals surface area contributed by atoms with E-state index in [1.54, 1.807) is 0 Å². The average Bonchev–Trinajstić information content (AvgIpc) is 1.90. The highest BCUT2D eigenvalue weighted by Crippen LogP contribution is 2.40. The molecule has 0 amide bonds. The standard InChI is InChI=1S/C2H3F4O3P/c3-2(4)1-7-10(8-5)9-6/h2H,1H2. The molecule has 0 bridgehead atoms. The Morgan fingerprint density at radius 1 is 1.20 bits per heavy atom. The van der Waals surface area contributed by atoms with Gasteiger partial charge in [0.25, 0.3) is 6.43 Å². The van der Waals surface area contributed by atoms with Gasteiger partial charge < -0.3 is 4.52 Å². The van der Waals surface area contributed by atoms with Crippen LogP contribution in [-0.2, 0) is 14.0 Å². The van der Waals surface area contributed by atoms with Crippen molar-refractivity contribution in [1.82, 2.24) is 0 Å². The molecule has 0 N–H and O–H groups in total. The Balaban J connectivity index is 3.26. The highest BCUT2D eigenvalue weighted by atomic mass is 31.2. The fourth-order valence-electron chi connectivity index (χ4n) is 0.168. The fraction of sp³-hybridized carbons (Fsp3) is 1.00. The molecule has 0 aliphatic rings. The zero-order valence-electron chi connectivity index (χ0n) is 4.47. The van der Waals surface area contributed by atoms with Gasteiger partial charge in [0, 0.05) is 0 Å². The summed E-state index contributed by atoms with van der Waals surface area (Å²) in [6.45, 7) is -1.13. The predicted octanol–water partition coefficient (Wildman–Crippen LogP) is 2.30. The first-order valence-corrected chi connectivity index (χ1v) is 3.09. The molecule has 0 heterocycles. The largest absolute Gasteiger partial charge is 0.403 e. The van der Waals surface area contributed by atoms with E-state index in [1.807, 2.05) is 0 Å². The summed E-state index contributed by atoms with van der Waals surface area (Å²) in [5.41, 5.74) is 0. The third-order valence-electron chi connectivity index (χ3n) is 0.419. The molecule has 0 atom stereocenters. The topological polar surface area (TPSA) is 27.7 Å². The molecule has 0 radical (unpaired) electrons. The first-order valence-electron chi connectivity index (χ1n) is 1.99. The minimum atomic E-state index is -2.90. The number of hydrogen-bond acceptors (Lipinski definition) is 3. The molecule has 0 spiro atoms. The fourth-order valence-corrected chi connectivity index (χ4v) is 0.503. The molecule has 0 aromatic rings. The van der Waals surface area contributed by atoms with Gasteiger partial charge in [-0.05, 0) is 9.05 Å². The summed E-state index contributed by atoms with van der Waals surface area (Å²) in [5, 5.41) is 0. The minimum absolute atomic E-state index is 1.13. The van der Waals surface area contributed by atoms with E-state index in [0.29, 0.717) is 0 Å². The molecule has 3 nitrogen and oxygen atoms in total. The lowest BCUT2D eigenvalue weighted by molar-refractivity contribution is -0.101. The van der Waals surface area contributed by atoms with Crippen LogP contribution in [0.2, 0.25) is 0 Å². The van der Waals surface area contributed by atoms with Crippen LogP contribution < -0.4 is 0 Å². The van der Waals surface area contributed by atoms with Crippen LogP contribution >= 0.6 is 8.60 Å². The minimum Gasteiger partial charge on any atom is -0.303 e. The molecule has 0 saturated heterocycles. The van der Waals surface area contributed by atoms with E-state index in [0.717, 1.165) is 0 Å². The van der Waals surface area contributed by atoms with Crippen molar-refractivity contribution in [2.45, 2.75) is 6.43 Å². The molecular weight excluding hydrogens is 179 g/mol. The lowest BCUT2D eigenvalue weighted by Gasteiger charge is -2.03. The predicted molar refractivity (Wildman–Crippen MR) is 23.3 cm³/mol. The molecule has 0 aliphatic heterocycles. The van der Waals surface area contributed by atoms with E-state index in [1.165, 1.54) is 0 Å². The van der Waals surface area contributed by atoms with Crippen molar-refractivity contribution in [1.29, 1.82) is 0 Å². The Hall–Kier alpha value is 0.0300. The zero-order valence-corrected chi connectivity index (χ0v) is 5.36. The van der Waals surface area contributed by atoms with E-state index >= 15 is 0 Å². The van der Waals surface area contributed by atoms with Crippen LogP contribution in [-0.4, -0.2) is 13.0 Å². The molecule has 0 rings (SSSR count). The summed E-state index contributed by atoms with van der Waals surface area (Å²) in [6.07, 6.45) is -2.81. The third-order valence-corrected chi connectivity index (χ3v) is 1.00. The van der Waals surface area contributed by atoms with Gasteiger partial charge in [0.1, 0.15) is 6.61 Å². The second-order valence-electron chi connectivity index (χ2n) is 1.05. The van der Waals surface area contributed by atoms with Crippen molar-refractivity contribution in [3.63, 3.8) is 0 Å². The monoisotopic (exact) mass is 182 g/mol. The third kappa shape index (κ3) is 4.87. The smallest absolute Gasteiger partial charge is 0.303 e. The maximum atomic E-state index is 11.2. The first-order chi connectivity index (χ1) is 4.70. The Kier molecular flexibility index (Phi) is 5.81. The molecule has 62 valence electrons. The summed E-state index contributed by atoms with van der Waals surface area (Å²) < 4.78 is 53.2. The van der Waals surface area contributed by atoms with Crippen molar-refractivity contribution in [3.05, 3.63) is 0 Å². The van der Waals surface area contributed by atoms with Crippen molar-refractivity contribution in [2.75, 3.05) is 6.61 Å². The van der Waals surface area contributed by atoms with Gasteiger partial charge in [0.2, 0.25) is 0 Å². The van der Waals surface area contributed by atoms with Crippen molar-refractivity contribution in [3.8, 4) is 0 Å². The highest BCUT2D eigenvalue weighted by Gasteiger charge is 2.16. The van der Waals surface area contributed by atoms with Gasteiger partial charge in [0.15, 0.2) is 0 Å². The number of alkyl halides is 2. The van der Waals surface area contributed by atoms with Gasteiger partial charge in [-0.25, -0.2) is 8.78 Å². The van der Waals surface area contributed by atoms with Crippen LogP contribution in [0.5, 0.6) is 0 Å². The van der Waals surface area contributed by atoms with Crippen molar-refractivity contribution >= 4 is 8.60 Å². The molecule has 0 saturated carbocycles. The lowest BCUT2D eigenvalue weighted by atomic mass is 10.8. The summed E-state index contributed by atoms with van der Waals surface area (Å²) in [4.78, 5) is 0. The Morgan fingerprint density at radius 3 is 2.00 bits per heavy atom. The van der Waals surface area contributed by atoms with Crippen molar-refractivity contribution < 1.29 is 31.8 Å². The van der Waals surface area contributed by atoms with Crippen LogP contribution in [0.3, 0.4) is 0 Å².